The SMILES string of the molecule is COc1cc(O)c2c(c1)oc(=O)c1c3cc(O)c(C)cc3oc21. The smallest absolute Gasteiger partial charge is 0.348 e. The van der Waals surface area contributed by atoms with Gasteiger partial charge < -0.3 is 23.8 Å². The monoisotopic (exact) mass is 312 g/mol. The first-order chi connectivity index (χ1) is 11.0. The molecule has 2 aromatic heterocycles. The molecule has 4 rings (SSSR count). The lowest BCUT2D eigenvalue weighted by atomic mass is 10.1. The summed E-state index contributed by atoms with van der Waals surface area (Å²) in [7, 11) is 1.45. The molecule has 23 heavy (non-hydrogen) atoms. The van der Waals surface area contributed by atoms with Crippen LogP contribution in [0.4, 0.5) is 0 Å². The zero-order valence-electron chi connectivity index (χ0n) is 12.3. The highest BCUT2D eigenvalue weighted by atomic mass is 16.5. The van der Waals surface area contributed by atoms with Crippen LogP contribution in [0.5, 0.6) is 17.2 Å². The van der Waals surface area contributed by atoms with Gasteiger partial charge >= 0.3 is 5.63 Å². The second kappa shape index (κ2) is 4.42. The summed E-state index contributed by atoms with van der Waals surface area (Å²) in [6.07, 6.45) is 0. The summed E-state index contributed by atoms with van der Waals surface area (Å²) in [5.41, 5.74) is 0.833. The average molecular weight is 312 g/mol. The molecule has 0 aliphatic carbocycles. The van der Waals surface area contributed by atoms with Crippen LogP contribution in [-0.4, -0.2) is 17.3 Å². The number of methoxy groups -OCH3 is 1. The molecule has 6 nitrogen and oxygen atoms in total. The Bertz CT molecular complexity index is 1150. The zero-order valence-corrected chi connectivity index (χ0v) is 12.3. The maximum absolute atomic E-state index is 12.3. The molecule has 0 atom stereocenters. The normalized spacial score (nSPS) is 11.6. The highest BCUT2D eigenvalue weighted by Crippen LogP contribution is 2.39. The largest absolute Gasteiger partial charge is 0.508 e. The molecule has 0 unspecified atom stereocenters. The van der Waals surface area contributed by atoms with Crippen LogP contribution in [-0.2, 0) is 0 Å². The van der Waals surface area contributed by atoms with Gasteiger partial charge in [0.2, 0.25) is 0 Å². The molecule has 0 saturated carbocycles. The number of benzene rings is 2. The Balaban J connectivity index is 2.28. The Hall–Kier alpha value is -3.15. The fourth-order valence-corrected chi connectivity index (χ4v) is 2.77. The average Bonchev–Trinajstić information content (AvgIpc) is 2.85. The van der Waals surface area contributed by atoms with Crippen molar-refractivity contribution in [2.75, 3.05) is 7.11 Å². The molecule has 2 heterocycles. The molecular weight excluding hydrogens is 300 g/mol. The molecule has 4 aromatic rings. The molecule has 6 heteroatoms. The van der Waals surface area contributed by atoms with Crippen molar-refractivity contribution in [3.8, 4) is 17.2 Å². The van der Waals surface area contributed by atoms with Crippen molar-refractivity contribution in [1.82, 2.24) is 0 Å². The van der Waals surface area contributed by atoms with Crippen molar-refractivity contribution in [1.29, 1.82) is 0 Å². The summed E-state index contributed by atoms with van der Waals surface area (Å²) >= 11 is 0. The van der Waals surface area contributed by atoms with E-state index in [1.54, 1.807) is 13.0 Å². The van der Waals surface area contributed by atoms with Crippen LogP contribution in [0.25, 0.3) is 32.9 Å². The van der Waals surface area contributed by atoms with Crippen LogP contribution in [0.15, 0.2) is 37.9 Å². The van der Waals surface area contributed by atoms with E-state index in [0.717, 1.165) is 0 Å². The molecule has 116 valence electrons. The lowest BCUT2D eigenvalue weighted by molar-refractivity contribution is 0.407. The molecule has 0 spiro atoms. The number of aryl methyl sites for hydroxylation is 1. The number of aromatic hydroxyl groups is 2. The fourth-order valence-electron chi connectivity index (χ4n) is 2.77. The van der Waals surface area contributed by atoms with Gasteiger partial charge in [0.1, 0.15) is 39.2 Å². The van der Waals surface area contributed by atoms with E-state index in [1.165, 1.54) is 25.3 Å². The van der Waals surface area contributed by atoms with E-state index in [-0.39, 0.29) is 33.4 Å². The molecular formula is C17H12O6. The quantitative estimate of drug-likeness (QED) is 0.523. The predicted molar refractivity (Wildman–Crippen MR) is 84.4 cm³/mol. The summed E-state index contributed by atoms with van der Waals surface area (Å²) in [6.45, 7) is 1.73. The van der Waals surface area contributed by atoms with Gasteiger partial charge in [-0.15, -0.1) is 0 Å². The second-order valence-corrected chi connectivity index (χ2v) is 5.35. The molecule has 2 N–H and O–H groups in total. The van der Waals surface area contributed by atoms with E-state index < -0.39 is 5.63 Å². The van der Waals surface area contributed by atoms with E-state index in [0.29, 0.717) is 22.3 Å². The number of rotatable bonds is 1. The van der Waals surface area contributed by atoms with Crippen molar-refractivity contribution in [3.63, 3.8) is 0 Å². The highest BCUT2D eigenvalue weighted by Gasteiger charge is 2.20. The molecule has 0 amide bonds. The first-order valence-electron chi connectivity index (χ1n) is 6.89. The van der Waals surface area contributed by atoms with Gasteiger partial charge in [0.25, 0.3) is 0 Å². The number of ether oxygens (including phenoxy) is 1. The number of phenolic OH excluding ortho intramolecular Hbond substituents is 2. The number of fused-ring (bicyclic) bond motifs is 5. The Morgan fingerprint density at radius 2 is 1.74 bits per heavy atom. The van der Waals surface area contributed by atoms with Crippen LogP contribution in [0.3, 0.4) is 0 Å². The minimum absolute atomic E-state index is 0.0543. The number of furan rings is 1. The van der Waals surface area contributed by atoms with Gasteiger partial charge in [-0.05, 0) is 24.6 Å². The van der Waals surface area contributed by atoms with Crippen LogP contribution < -0.4 is 10.4 Å². The van der Waals surface area contributed by atoms with Crippen LogP contribution >= 0.6 is 0 Å². The molecule has 0 radical (unpaired) electrons. The Labute approximate surface area is 129 Å². The van der Waals surface area contributed by atoms with Gasteiger partial charge in [-0.25, -0.2) is 4.79 Å². The van der Waals surface area contributed by atoms with Crippen molar-refractivity contribution in [2.45, 2.75) is 6.92 Å². The van der Waals surface area contributed by atoms with Crippen LogP contribution in [0.2, 0.25) is 0 Å². The molecule has 0 bridgehead atoms. The summed E-state index contributed by atoms with van der Waals surface area (Å²) in [5, 5.41) is 21.0. The fraction of sp³-hybridized carbons (Fsp3) is 0.118. The highest BCUT2D eigenvalue weighted by molar-refractivity contribution is 6.15. The van der Waals surface area contributed by atoms with E-state index in [9.17, 15) is 15.0 Å². The van der Waals surface area contributed by atoms with Gasteiger partial charge in [0.05, 0.1) is 7.11 Å². The molecule has 0 fully saturated rings. The van der Waals surface area contributed by atoms with E-state index in [4.69, 9.17) is 13.6 Å². The van der Waals surface area contributed by atoms with Gasteiger partial charge in [-0.3, -0.25) is 0 Å². The van der Waals surface area contributed by atoms with Crippen molar-refractivity contribution in [3.05, 3.63) is 40.2 Å². The second-order valence-electron chi connectivity index (χ2n) is 5.35. The first kappa shape index (κ1) is 13.5. The van der Waals surface area contributed by atoms with Crippen LogP contribution in [0, 0.1) is 6.92 Å². The molecule has 2 aromatic carbocycles. The number of hydrogen-bond acceptors (Lipinski definition) is 6. The summed E-state index contributed by atoms with van der Waals surface area (Å²) in [5.74, 6) is 0.300. The zero-order chi connectivity index (χ0) is 16.3. The Morgan fingerprint density at radius 3 is 2.48 bits per heavy atom. The van der Waals surface area contributed by atoms with E-state index >= 15 is 0 Å². The standard InChI is InChI=1S/C17H12O6/c1-7-3-12-9(6-10(7)18)14-16(22-12)15-11(19)4-8(21-2)5-13(15)23-17(14)20/h3-6,18-19H,1-2H3. The number of phenols is 2. The summed E-state index contributed by atoms with van der Waals surface area (Å²) < 4.78 is 16.1. The topological polar surface area (TPSA) is 93.0 Å². The van der Waals surface area contributed by atoms with Crippen molar-refractivity contribution < 1.29 is 23.8 Å². The minimum Gasteiger partial charge on any atom is -0.508 e. The van der Waals surface area contributed by atoms with E-state index in [2.05, 4.69) is 0 Å². The Kier molecular flexibility index (Phi) is 2.60. The van der Waals surface area contributed by atoms with Gasteiger partial charge in [-0.2, -0.15) is 0 Å². The third kappa shape index (κ3) is 1.78. The maximum Gasteiger partial charge on any atom is 0.348 e. The Morgan fingerprint density at radius 1 is 0.957 bits per heavy atom. The predicted octanol–water partition coefficient (Wildman–Crippen LogP) is 3.42. The first-order valence-corrected chi connectivity index (χ1v) is 6.89. The summed E-state index contributed by atoms with van der Waals surface area (Å²) in [4.78, 5) is 12.3. The van der Waals surface area contributed by atoms with Gasteiger partial charge in [0, 0.05) is 17.5 Å². The maximum atomic E-state index is 12.3. The third-order valence-electron chi connectivity index (χ3n) is 3.93. The van der Waals surface area contributed by atoms with E-state index in [1.807, 2.05) is 0 Å². The van der Waals surface area contributed by atoms with Crippen LogP contribution in [0.1, 0.15) is 5.56 Å². The molecule has 0 aliphatic heterocycles. The lowest BCUT2D eigenvalue weighted by Crippen LogP contribution is -1.98. The minimum atomic E-state index is -0.609. The van der Waals surface area contributed by atoms with Gasteiger partial charge in [0.15, 0.2) is 5.58 Å². The van der Waals surface area contributed by atoms with Crippen molar-refractivity contribution >= 4 is 32.9 Å². The lowest BCUT2D eigenvalue weighted by Gasteiger charge is -2.04. The van der Waals surface area contributed by atoms with Crippen molar-refractivity contribution in [2.24, 2.45) is 0 Å². The third-order valence-corrected chi connectivity index (χ3v) is 3.93. The number of hydrogen-bond donors (Lipinski definition) is 2. The molecule has 0 aliphatic rings. The van der Waals surface area contributed by atoms with Gasteiger partial charge in [-0.1, -0.05) is 0 Å². The summed E-state index contributed by atoms with van der Waals surface area (Å²) in [6, 6.07) is 6.01. The molecule has 0 saturated heterocycles.